The number of nitriles is 1. The molecule has 1 atom stereocenters. The lowest BCUT2D eigenvalue weighted by Gasteiger charge is -2.38. The van der Waals surface area contributed by atoms with Crippen LogP contribution in [0.3, 0.4) is 0 Å². The van der Waals surface area contributed by atoms with Crippen LogP contribution in [0.5, 0.6) is 0 Å². The van der Waals surface area contributed by atoms with Gasteiger partial charge in [-0.2, -0.15) is 5.26 Å². The van der Waals surface area contributed by atoms with Crippen LogP contribution in [0.2, 0.25) is 0 Å². The van der Waals surface area contributed by atoms with Gasteiger partial charge in [0, 0.05) is 39.3 Å². The third-order valence-corrected chi connectivity index (χ3v) is 4.06. The Morgan fingerprint density at radius 3 is 2.58 bits per heavy atom. The fourth-order valence-electron chi connectivity index (χ4n) is 3.03. The second kappa shape index (κ2) is 6.73. The fourth-order valence-corrected chi connectivity index (χ4v) is 3.03. The maximum absolute atomic E-state index is 10.8. The first kappa shape index (κ1) is 14.1. The van der Waals surface area contributed by atoms with E-state index in [0.29, 0.717) is 25.6 Å². The Hall–Kier alpha value is -1.32. The molecule has 2 heterocycles. The zero-order valence-corrected chi connectivity index (χ0v) is 11.3. The molecule has 0 saturated carbocycles. The van der Waals surface area contributed by atoms with Crippen LogP contribution >= 0.6 is 0 Å². The van der Waals surface area contributed by atoms with Gasteiger partial charge in [-0.1, -0.05) is 0 Å². The first-order valence-corrected chi connectivity index (χ1v) is 6.98. The average molecular weight is 266 g/mol. The summed E-state index contributed by atoms with van der Waals surface area (Å²) < 4.78 is 0. The van der Waals surface area contributed by atoms with Crippen LogP contribution < -0.4 is 0 Å². The molecule has 0 spiro atoms. The van der Waals surface area contributed by atoms with Crippen LogP contribution in [0.15, 0.2) is 0 Å². The lowest BCUT2D eigenvalue weighted by molar-refractivity contribution is 0.0850. The Kier molecular flexibility index (Phi) is 5.00. The van der Waals surface area contributed by atoms with Gasteiger partial charge < -0.3 is 10.0 Å². The van der Waals surface area contributed by atoms with E-state index >= 15 is 0 Å². The number of piperidine rings is 1. The first-order valence-electron chi connectivity index (χ1n) is 6.98. The van der Waals surface area contributed by atoms with Crippen molar-refractivity contribution in [1.82, 2.24) is 14.7 Å². The van der Waals surface area contributed by atoms with Crippen molar-refractivity contribution in [1.29, 1.82) is 5.26 Å². The molecular formula is C13H22N4O2. The Bertz CT molecular complexity index is 347. The SMILES string of the molecule is N#CCN1CCCC(CN2CCN(C(=O)O)CC2)C1. The normalized spacial score (nSPS) is 26.1. The van der Waals surface area contributed by atoms with Crippen LogP contribution in [0.4, 0.5) is 4.79 Å². The van der Waals surface area contributed by atoms with Gasteiger partial charge in [0.25, 0.3) is 0 Å². The maximum atomic E-state index is 10.8. The van der Waals surface area contributed by atoms with Crippen molar-refractivity contribution in [2.75, 3.05) is 52.4 Å². The summed E-state index contributed by atoms with van der Waals surface area (Å²) in [6.07, 6.45) is 1.58. The Labute approximate surface area is 114 Å². The third kappa shape index (κ3) is 4.08. The fraction of sp³-hybridized carbons (Fsp3) is 0.846. The molecule has 19 heavy (non-hydrogen) atoms. The second-order valence-electron chi connectivity index (χ2n) is 5.47. The van der Waals surface area contributed by atoms with Crippen molar-refractivity contribution in [3.05, 3.63) is 0 Å². The van der Waals surface area contributed by atoms with Crippen molar-refractivity contribution < 1.29 is 9.90 Å². The first-order chi connectivity index (χ1) is 9.19. The van der Waals surface area contributed by atoms with Crippen LogP contribution in [0.1, 0.15) is 12.8 Å². The molecule has 0 bridgehead atoms. The molecule has 2 aliphatic rings. The highest BCUT2D eigenvalue weighted by molar-refractivity contribution is 5.65. The Balaban J connectivity index is 1.73. The van der Waals surface area contributed by atoms with Crippen LogP contribution in [0, 0.1) is 17.2 Å². The minimum absolute atomic E-state index is 0.531. The maximum Gasteiger partial charge on any atom is 0.407 e. The third-order valence-electron chi connectivity index (χ3n) is 4.06. The molecule has 6 heteroatoms. The summed E-state index contributed by atoms with van der Waals surface area (Å²) in [6, 6.07) is 2.22. The second-order valence-corrected chi connectivity index (χ2v) is 5.47. The van der Waals surface area contributed by atoms with Gasteiger partial charge in [-0.3, -0.25) is 9.80 Å². The predicted octanol–water partition coefficient (Wildman–Crippen LogP) is 0.518. The average Bonchev–Trinajstić information content (AvgIpc) is 2.40. The molecule has 0 aliphatic carbocycles. The van der Waals surface area contributed by atoms with Gasteiger partial charge in [0.15, 0.2) is 0 Å². The zero-order chi connectivity index (χ0) is 13.7. The van der Waals surface area contributed by atoms with E-state index in [1.54, 1.807) is 0 Å². The minimum atomic E-state index is -0.808. The summed E-state index contributed by atoms with van der Waals surface area (Å²) in [5.74, 6) is 0.624. The number of carbonyl (C=O) groups is 1. The van der Waals surface area contributed by atoms with Gasteiger partial charge in [-0.15, -0.1) is 0 Å². The molecule has 2 aliphatic heterocycles. The molecule has 0 aromatic carbocycles. The summed E-state index contributed by atoms with van der Waals surface area (Å²) >= 11 is 0. The number of piperazine rings is 1. The van der Waals surface area contributed by atoms with E-state index in [-0.39, 0.29) is 0 Å². The number of rotatable bonds is 3. The predicted molar refractivity (Wildman–Crippen MR) is 70.8 cm³/mol. The topological polar surface area (TPSA) is 70.8 Å². The standard InChI is InChI=1S/C13H22N4O2/c14-3-5-15-4-1-2-12(10-15)11-16-6-8-17(9-7-16)13(18)19/h12H,1-2,4-11H2,(H,18,19). The van der Waals surface area contributed by atoms with Crippen LogP contribution in [-0.2, 0) is 0 Å². The molecule has 1 unspecified atom stereocenters. The molecule has 1 N–H and O–H groups in total. The van der Waals surface area contributed by atoms with E-state index in [1.807, 2.05) is 0 Å². The van der Waals surface area contributed by atoms with Crippen LogP contribution in [-0.4, -0.2) is 78.3 Å². The van der Waals surface area contributed by atoms with E-state index in [0.717, 1.165) is 32.7 Å². The molecule has 1 amide bonds. The molecule has 106 valence electrons. The van der Waals surface area contributed by atoms with Crippen LogP contribution in [0.25, 0.3) is 0 Å². The molecule has 2 saturated heterocycles. The van der Waals surface area contributed by atoms with Crippen molar-refractivity contribution in [2.45, 2.75) is 12.8 Å². The van der Waals surface area contributed by atoms with Gasteiger partial charge >= 0.3 is 6.09 Å². The highest BCUT2D eigenvalue weighted by atomic mass is 16.4. The summed E-state index contributed by atoms with van der Waals surface area (Å²) in [5.41, 5.74) is 0. The largest absolute Gasteiger partial charge is 0.465 e. The molecule has 6 nitrogen and oxygen atoms in total. The number of hydrogen-bond acceptors (Lipinski definition) is 4. The summed E-state index contributed by atoms with van der Waals surface area (Å²) in [6.45, 7) is 6.51. The number of nitrogens with zero attached hydrogens (tertiary/aromatic N) is 4. The van der Waals surface area contributed by atoms with E-state index < -0.39 is 6.09 Å². The Morgan fingerprint density at radius 2 is 1.95 bits per heavy atom. The summed E-state index contributed by atoms with van der Waals surface area (Å²) in [4.78, 5) is 16.9. The number of amides is 1. The highest BCUT2D eigenvalue weighted by Crippen LogP contribution is 2.18. The highest BCUT2D eigenvalue weighted by Gasteiger charge is 2.25. The molecular weight excluding hydrogens is 244 g/mol. The van der Waals surface area contributed by atoms with Crippen molar-refractivity contribution in [2.24, 2.45) is 5.92 Å². The van der Waals surface area contributed by atoms with Gasteiger partial charge in [0.2, 0.25) is 0 Å². The number of hydrogen-bond donors (Lipinski definition) is 1. The van der Waals surface area contributed by atoms with E-state index in [4.69, 9.17) is 10.4 Å². The lowest BCUT2D eigenvalue weighted by Crippen LogP contribution is -2.50. The minimum Gasteiger partial charge on any atom is -0.465 e. The molecule has 0 radical (unpaired) electrons. The van der Waals surface area contributed by atoms with Crippen molar-refractivity contribution in [3.8, 4) is 6.07 Å². The van der Waals surface area contributed by atoms with E-state index in [9.17, 15) is 4.79 Å². The van der Waals surface area contributed by atoms with Gasteiger partial charge in [0.05, 0.1) is 12.6 Å². The molecule has 0 aromatic rings. The molecule has 2 rings (SSSR count). The van der Waals surface area contributed by atoms with Gasteiger partial charge in [-0.25, -0.2) is 4.79 Å². The Morgan fingerprint density at radius 1 is 1.21 bits per heavy atom. The quantitative estimate of drug-likeness (QED) is 0.754. The smallest absolute Gasteiger partial charge is 0.407 e. The summed E-state index contributed by atoms with van der Waals surface area (Å²) in [7, 11) is 0. The number of likely N-dealkylation sites (tertiary alicyclic amines) is 1. The summed E-state index contributed by atoms with van der Waals surface area (Å²) in [5, 5.41) is 17.7. The monoisotopic (exact) mass is 266 g/mol. The van der Waals surface area contributed by atoms with E-state index in [1.165, 1.54) is 17.7 Å². The number of carboxylic acid groups (broad SMARTS) is 1. The van der Waals surface area contributed by atoms with Gasteiger partial charge in [-0.05, 0) is 25.3 Å². The van der Waals surface area contributed by atoms with Gasteiger partial charge in [0.1, 0.15) is 0 Å². The van der Waals surface area contributed by atoms with E-state index in [2.05, 4.69) is 15.9 Å². The van der Waals surface area contributed by atoms with Crippen molar-refractivity contribution in [3.63, 3.8) is 0 Å². The zero-order valence-electron chi connectivity index (χ0n) is 11.3. The molecule has 0 aromatic heterocycles. The van der Waals surface area contributed by atoms with Crippen molar-refractivity contribution >= 4 is 6.09 Å². The lowest BCUT2D eigenvalue weighted by atomic mass is 9.97. The molecule has 2 fully saturated rings.